The number of furan rings is 1. The number of fused-ring (bicyclic) bond motifs is 1. The van der Waals surface area contributed by atoms with E-state index in [-0.39, 0.29) is 30.1 Å². The largest absolute Gasteiger partial charge is 0.464 e. The second-order valence-corrected chi connectivity index (χ2v) is 10.1. The minimum Gasteiger partial charge on any atom is -0.464 e. The van der Waals surface area contributed by atoms with Crippen LogP contribution in [0.25, 0.3) is 22.3 Å². The monoisotopic (exact) mass is 553 g/mol. The molecule has 0 aliphatic heterocycles. The molecular weight excluding hydrogens is 525 g/mol. The summed E-state index contributed by atoms with van der Waals surface area (Å²) in [7, 11) is 0. The number of para-hydroxylation sites is 1. The van der Waals surface area contributed by atoms with Crippen molar-refractivity contribution in [3.8, 4) is 11.4 Å². The smallest absolute Gasteiger partial charge is 0.251 e. The summed E-state index contributed by atoms with van der Waals surface area (Å²) >= 11 is 0. The van der Waals surface area contributed by atoms with E-state index in [1.807, 2.05) is 30.3 Å². The molecule has 2 aromatic carbocycles. The van der Waals surface area contributed by atoms with Crippen LogP contribution in [0.1, 0.15) is 43.2 Å². The molecule has 0 spiro atoms. The highest BCUT2D eigenvalue weighted by Crippen LogP contribution is 2.32. The first-order valence-corrected chi connectivity index (χ1v) is 13.5. The topological polar surface area (TPSA) is 119 Å². The highest BCUT2D eigenvalue weighted by atomic mass is 19.1. The van der Waals surface area contributed by atoms with Gasteiger partial charge >= 0.3 is 0 Å². The van der Waals surface area contributed by atoms with Crippen molar-refractivity contribution in [3.05, 3.63) is 90.3 Å². The highest BCUT2D eigenvalue weighted by Gasteiger charge is 2.37. The van der Waals surface area contributed by atoms with E-state index in [1.54, 1.807) is 25.3 Å². The Bertz CT molecular complexity index is 1690. The van der Waals surface area contributed by atoms with Gasteiger partial charge in [-0.1, -0.05) is 31.0 Å². The number of amides is 2. The lowest BCUT2D eigenvalue weighted by atomic mass is 10.1. The molecule has 1 aliphatic carbocycles. The number of anilines is 1. The van der Waals surface area contributed by atoms with Crippen molar-refractivity contribution in [1.82, 2.24) is 30.5 Å². The van der Waals surface area contributed by atoms with Gasteiger partial charge in [-0.05, 0) is 73.5 Å². The summed E-state index contributed by atoms with van der Waals surface area (Å²) < 4.78 is 19.3. The standard InChI is InChI=1S/C30H28FN7O3/c1-19-10-15-26(41-19)28(30(40)33-23-7-3-4-8-23)38(24-16-21-6-2-5-9-25(21)32-17-24)27(39)18-37-35-29(34-36-37)20-11-13-22(31)14-12-20/h2,5-6,9-17,23,28H,3-4,7-8,18H2,1H3,(H,33,40)/t28-/m1/s1. The summed E-state index contributed by atoms with van der Waals surface area (Å²) in [5.74, 6) is -0.000314. The van der Waals surface area contributed by atoms with Crippen molar-refractivity contribution in [3.63, 3.8) is 0 Å². The van der Waals surface area contributed by atoms with Crippen LogP contribution in [0, 0.1) is 12.7 Å². The number of tetrazole rings is 1. The van der Waals surface area contributed by atoms with Crippen LogP contribution in [0.5, 0.6) is 0 Å². The lowest BCUT2D eigenvalue weighted by Crippen LogP contribution is -2.47. The maximum Gasteiger partial charge on any atom is 0.251 e. The van der Waals surface area contributed by atoms with Crippen LogP contribution in [-0.4, -0.2) is 43.0 Å². The average Bonchev–Trinajstić information content (AvgIpc) is 3.75. The molecule has 208 valence electrons. The van der Waals surface area contributed by atoms with Gasteiger partial charge in [0.1, 0.15) is 23.9 Å². The third-order valence-corrected chi connectivity index (χ3v) is 7.19. The molecule has 0 saturated heterocycles. The van der Waals surface area contributed by atoms with Crippen molar-refractivity contribution in [2.45, 2.75) is 51.2 Å². The Labute approximate surface area is 235 Å². The maximum absolute atomic E-state index is 14.1. The number of pyridine rings is 1. The lowest BCUT2D eigenvalue weighted by molar-refractivity contribution is -0.128. The molecule has 5 aromatic rings. The predicted molar refractivity (Wildman–Crippen MR) is 149 cm³/mol. The Kier molecular flexibility index (Phi) is 7.24. The van der Waals surface area contributed by atoms with Gasteiger partial charge in [-0.15, -0.1) is 10.2 Å². The molecule has 1 saturated carbocycles. The van der Waals surface area contributed by atoms with Crippen molar-refractivity contribution >= 4 is 28.4 Å². The average molecular weight is 554 g/mol. The van der Waals surface area contributed by atoms with Gasteiger partial charge in [0.15, 0.2) is 6.04 Å². The summed E-state index contributed by atoms with van der Waals surface area (Å²) in [5, 5.41) is 16.3. The summed E-state index contributed by atoms with van der Waals surface area (Å²) in [6, 6.07) is 17.4. The van der Waals surface area contributed by atoms with E-state index in [2.05, 4.69) is 25.7 Å². The van der Waals surface area contributed by atoms with Crippen LogP contribution >= 0.6 is 0 Å². The van der Waals surface area contributed by atoms with Crippen molar-refractivity contribution in [2.24, 2.45) is 0 Å². The Morgan fingerprint density at radius 3 is 2.63 bits per heavy atom. The minimum atomic E-state index is -1.10. The molecule has 41 heavy (non-hydrogen) atoms. The molecule has 10 nitrogen and oxygen atoms in total. The van der Waals surface area contributed by atoms with Gasteiger partial charge in [0, 0.05) is 17.0 Å². The zero-order chi connectivity index (χ0) is 28.3. The van der Waals surface area contributed by atoms with Gasteiger partial charge < -0.3 is 9.73 Å². The fourth-order valence-corrected chi connectivity index (χ4v) is 5.17. The first kappa shape index (κ1) is 26.3. The lowest BCUT2D eigenvalue weighted by Gasteiger charge is -2.30. The molecule has 0 bridgehead atoms. The Hall–Kier alpha value is -4.93. The number of benzene rings is 2. The van der Waals surface area contributed by atoms with Gasteiger partial charge in [-0.3, -0.25) is 19.5 Å². The van der Waals surface area contributed by atoms with Crippen LogP contribution in [0.15, 0.2) is 77.3 Å². The van der Waals surface area contributed by atoms with Crippen LogP contribution < -0.4 is 10.2 Å². The summed E-state index contributed by atoms with van der Waals surface area (Å²) in [6.07, 6.45) is 5.43. The molecule has 1 fully saturated rings. The molecule has 3 aromatic heterocycles. The van der Waals surface area contributed by atoms with Gasteiger partial charge in [-0.2, -0.15) is 4.80 Å². The zero-order valence-corrected chi connectivity index (χ0v) is 22.4. The molecule has 3 heterocycles. The van der Waals surface area contributed by atoms with Crippen molar-refractivity contribution < 1.29 is 18.4 Å². The first-order chi connectivity index (χ1) is 19.9. The Morgan fingerprint density at radius 2 is 1.88 bits per heavy atom. The molecule has 6 rings (SSSR count). The third-order valence-electron chi connectivity index (χ3n) is 7.19. The number of carbonyl (C=O) groups excluding carboxylic acids is 2. The molecule has 0 unspecified atom stereocenters. The molecule has 0 radical (unpaired) electrons. The van der Waals surface area contributed by atoms with Crippen LogP contribution in [0.4, 0.5) is 10.1 Å². The molecule has 11 heteroatoms. The number of nitrogens with zero attached hydrogens (tertiary/aromatic N) is 6. The van der Waals surface area contributed by atoms with Crippen molar-refractivity contribution in [2.75, 3.05) is 4.90 Å². The van der Waals surface area contributed by atoms with E-state index in [1.165, 1.54) is 29.2 Å². The summed E-state index contributed by atoms with van der Waals surface area (Å²) in [5.41, 5.74) is 1.74. The number of aromatic nitrogens is 5. The first-order valence-electron chi connectivity index (χ1n) is 13.5. The number of hydrogen-bond acceptors (Lipinski definition) is 7. The number of carbonyl (C=O) groups is 2. The minimum absolute atomic E-state index is 0.0305. The number of rotatable bonds is 8. The van der Waals surface area contributed by atoms with Gasteiger partial charge in [0.25, 0.3) is 11.8 Å². The van der Waals surface area contributed by atoms with Crippen LogP contribution in [0.2, 0.25) is 0 Å². The Balaban J connectivity index is 1.38. The van der Waals surface area contributed by atoms with Crippen LogP contribution in [0.3, 0.4) is 0 Å². The quantitative estimate of drug-likeness (QED) is 0.294. The third kappa shape index (κ3) is 5.69. The maximum atomic E-state index is 14.1. The summed E-state index contributed by atoms with van der Waals surface area (Å²) in [4.78, 5) is 35.1. The zero-order valence-electron chi connectivity index (χ0n) is 22.4. The summed E-state index contributed by atoms with van der Waals surface area (Å²) in [6.45, 7) is 1.48. The van der Waals surface area contributed by atoms with Crippen LogP contribution in [-0.2, 0) is 16.1 Å². The van der Waals surface area contributed by atoms with Gasteiger partial charge in [0.05, 0.1) is 17.4 Å². The molecule has 2 amide bonds. The van der Waals surface area contributed by atoms with E-state index in [4.69, 9.17) is 4.42 Å². The van der Waals surface area contributed by atoms with E-state index < -0.39 is 11.9 Å². The predicted octanol–water partition coefficient (Wildman–Crippen LogP) is 4.76. The number of aryl methyl sites for hydroxylation is 1. The number of hydrogen-bond donors (Lipinski definition) is 1. The highest BCUT2D eigenvalue weighted by molar-refractivity contribution is 6.02. The second kappa shape index (κ2) is 11.3. The SMILES string of the molecule is Cc1ccc([C@H](C(=O)NC2CCCC2)N(C(=O)Cn2nnc(-c3ccc(F)cc3)n2)c2cnc3ccccc3c2)o1. The van der Waals surface area contributed by atoms with E-state index in [9.17, 15) is 14.0 Å². The van der Waals surface area contributed by atoms with E-state index in [0.717, 1.165) is 41.4 Å². The van der Waals surface area contributed by atoms with E-state index >= 15 is 0 Å². The molecular formula is C30H28FN7O3. The van der Waals surface area contributed by atoms with Crippen molar-refractivity contribution in [1.29, 1.82) is 0 Å². The Morgan fingerprint density at radius 1 is 1.10 bits per heavy atom. The van der Waals surface area contributed by atoms with Gasteiger partial charge in [0.2, 0.25) is 5.82 Å². The molecule has 1 atom stereocenters. The molecule has 1 aliphatic rings. The van der Waals surface area contributed by atoms with Gasteiger partial charge in [-0.25, -0.2) is 4.39 Å². The molecule has 1 N–H and O–H groups in total. The fourth-order valence-electron chi connectivity index (χ4n) is 5.17. The number of halogens is 1. The van der Waals surface area contributed by atoms with E-state index in [0.29, 0.717) is 22.8 Å². The second-order valence-electron chi connectivity index (χ2n) is 10.1. The number of nitrogens with one attached hydrogen (secondary N) is 1. The normalized spacial score (nSPS) is 14.3. The fraction of sp³-hybridized carbons (Fsp3) is 0.267.